The first kappa shape index (κ1) is 29.0. The number of ether oxygens (including phenoxy) is 1. The molecule has 5 heteroatoms. The molecule has 1 heterocycles. The standard InChI is InChI=1S/C33H46ClNO3/c1-4-6-7-8-9-11-32(37)30-15-12-26(30)20-35-21-27(29-16-14-28(34)18-25(29)10-5-2)22-38-33-17-13-24(23(3)36)19-31(33)35/h9,11,13-14,16-19,23,26-27,30,32,36-37H,4-8,10,12,15,20-22H2,1-3H3/b11-9+. The highest BCUT2D eigenvalue weighted by atomic mass is 35.5. The lowest BCUT2D eigenvalue weighted by Crippen LogP contribution is -2.44. The maximum atomic E-state index is 11.0. The van der Waals surface area contributed by atoms with Crippen LogP contribution in [0.4, 0.5) is 5.69 Å². The molecule has 1 saturated carbocycles. The van der Waals surface area contributed by atoms with Gasteiger partial charge in [0, 0.05) is 24.0 Å². The van der Waals surface area contributed by atoms with Gasteiger partial charge in [-0.05, 0) is 91.8 Å². The number of aryl methyl sites for hydroxylation is 1. The van der Waals surface area contributed by atoms with Crippen LogP contribution in [0.25, 0.3) is 0 Å². The van der Waals surface area contributed by atoms with E-state index in [0.717, 1.165) is 67.2 Å². The maximum absolute atomic E-state index is 11.0. The first-order valence-electron chi connectivity index (χ1n) is 14.7. The summed E-state index contributed by atoms with van der Waals surface area (Å²) in [6.45, 7) is 8.54. The topological polar surface area (TPSA) is 52.9 Å². The van der Waals surface area contributed by atoms with Crippen molar-refractivity contribution in [3.63, 3.8) is 0 Å². The molecule has 1 aliphatic carbocycles. The van der Waals surface area contributed by atoms with Crippen LogP contribution in [0.15, 0.2) is 48.6 Å². The number of aliphatic hydroxyl groups excluding tert-OH is 2. The number of halogens is 1. The monoisotopic (exact) mass is 539 g/mol. The lowest BCUT2D eigenvalue weighted by molar-refractivity contribution is 0.0461. The Hall–Kier alpha value is -2.01. The van der Waals surface area contributed by atoms with E-state index in [1.54, 1.807) is 0 Å². The maximum Gasteiger partial charge on any atom is 0.142 e. The number of allylic oxidation sites excluding steroid dienone is 1. The molecule has 1 fully saturated rings. The predicted molar refractivity (Wildman–Crippen MR) is 158 cm³/mol. The summed E-state index contributed by atoms with van der Waals surface area (Å²) in [5.74, 6) is 1.79. The van der Waals surface area contributed by atoms with Crippen molar-refractivity contribution in [3.8, 4) is 5.75 Å². The lowest BCUT2D eigenvalue weighted by Gasteiger charge is -2.42. The van der Waals surface area contributed by atoms with Crippen LogP contribution in [0.3, 0.4) is 0 Å². The molecule has 2 aromatic carbocycles. The van der Waals surface area contributed by atoms with Crippen LogP contribution in [-0.2, 0) is 6.42 Å². The van der Waals surface area contributed by atoms with Gasteiger partial charge in [-0.1, -0.05) is 69.0 Å². The Labute approximate surface area is 234 Å². The van der Waals surface area contributed by atoms with E-state index in [9.17, 15) is 10.2 Å². The van der Waals surface area contributed by atoms with Crippen molar-refractivity contribution in [1.29, 1.82) is 0 Å². The zero-order chi connectivity index (χ0) is 27.1. The van der Waals surface area contributed by atoms with Gasteiger partial charge in [0.2, 0.25) is 0 Å². The van der Waals surface area contributed by atoms with Crippen LogP contribution in [0.1, 0.15) is 94.4 Å². The molecule has 0 aromatic heterocycles. The number of unbranched alkanes of at least 4 members (excludes halogenated alkanes) is 3. The van der Waals surface area contributed by atoms with Crippen molar-refractivity contribution in [2.45, 2.75) is 90.3 Å². The molecule has 0 bridgehead atoms. The molecule has 1 aliphatic heterocycles. The summed E-state index contributed by atoms with van der Waals surface area (Å²) in [5.41, 5.74) is 4.56. The minimum atomic E-state index is -0.537. The number of hydrogen-bond acceptors (Lipinski definition) is 4. The van der Waals surface area contributed by atoms with Crippen molar-refractivity contribution in [2.24, 2.45) is 11.8 Å². The Kier molecular flexibility index (Phi) is 10.6. The normalized spacial score (nSPS) is 22.9. The summed E-state index contributed by atoms with van der Waals surface area (Å²) in [4.78, 5) is 2.46. The molecule has 2 aliphatic rings. The van der Waals surface area contributed by atoms with Crippen molar-refractivity contribution >= 4 is 17.3 Å². The molecule has 2 N–H and O–H groups in total. The fraction of sp³-hybridized carbons (Fsp3) is 0.576. The molecule has 0 radical (unpaired) electrons. The minimum Gasteiger partial charge on any atom is -0.491 e. The van der Waals surface area contributed by atoms with E-state index < -0.39 is 6.10 Å². The van der Waals surface area contributed by atoms with Crippen LogP contribution in [0.2, 0.25) is 5.02 Å². The number of rotatable bonds is 12. The second-order valence-corrected chi connectivity index (χ2v) is 11.8. The van der Waals surface area contributed by atoms with Crippen LogP contribution < -0.4 is 9.64 Å². The van der Waals surface area contributed by atoms with Gasteiger partial charge in [-0.2, -0.15) is 0 Å². The van der Waals surface area contributed by atoms with Crippen molar-refractivity contribution < 1.29 is 14.9 Å². The van der Waals surface area contributed by atoms with Gasteiger partial charge in [0.15, 0.2) is 0 Å². The average Bonchev–Trinajstić information content (AvgIpc) is 3.06. The Balaban J connectivity index is 1.57. The largest absolute Gasteiger partial charge is 0.491 e. The fourth-order valence-electron chi connectivity index (χ4n) is 6.04. The highest BCUT2D eigenvalue weighted by molar-refractivity contribution is 6.30. The van der Waals surface area contributed by atoms with Crippen LogP contribution >= 0.6 is 11.6 Å². The molecule has 0 spiro atoms. The molecule has 38 heavy (non-hydrogen) atoms. The molecular formula is C33H46ClNO3. The van der Waals surface area contributed by atoms with Gasteiger partial charge in [0.1, 0.15) is 5.75 Å². The molecule has 208 valence electrons. The van der Waals surface area contributed by atoms with Gasteiger partial charge in [-0.15, -0.1) is 0 Å². The van der Waals surface area contributed by atoms with E-state index in [2.05, 4.69) is 43.0 Å². The molecular weight excluding hydrogens is 494 g/mol. The summed E-state index contributed by atoms with van der Waals surface area (Å²) in [6.07, 6.45) is 12.2. The zero-order valence-corrected chi connectivity index (χ0v) is 24.2. The van der Waals surface area contributed by atoms with Gasteiger partial charge >= 0.3 is 0 Å². The van der Waals surface area contributed by atoms with E-state index >= 15 is 0 Å². The second kappa shape index (κ2) is 13.9. The minimum absolute atomic E-state index is 0.207. The molecule has 4 rings (SSSR count). The highest BCUT2D eigenvalue weighted by Gasteiger charge is 2.38. The SMILES string of the molecule is CCCCC/C=C/C(O)C1CCC1CN1CC(c2ccc(Cl)cc2CCC)COc2ccc(C(C)O)cc21. The van der Waals surface area contributed by atoms with Crippen LogP contribution in [0, 0.1) is 11.8 Å². The molecule has 0 amide bonds. The fourth-order valence-corrected chi connectivity index (χ4v) is 6.23. The average molecular weight is 540 g/mol. The first-order valence-corrected chi connectivity index (χ1v) is 15.1. The second-order valence-electron chi connectivity index (χ2n) is 11.3. The lowest BCUT2D eigenvalue weighted by atomic mass is 9.70. The highest BCUT2D eigenvalue weighted by Crippen LogP contribution is 2.43. The third-order valence-electron chi connectivity index (χ3n) is 8.43. The molecule has 4 nitrogen and oxygen atoms in total. The molecule has 5 unspecified atom stereocenters. The number of fused-ring (bicyclic) bond motifs is 1. The third kappa shape index (κ3) is 7.14. The van der Waals surface area contributed by atoms with Gasteiger partial charge in [-0.25, -0.2) is 0 Å². The zero-order valence-electron chi connectivity index (χ0n) is 23.4. The number of anilines is 1. The Morgan fingerprint density at radius 2 is 1.92 bits per heavy atom. The van der Waals surface area contributed by atoms with Crippen LogP contribution in [-0.4, -0.2) is 36.0 Å². The third-order valence-corrected chi connectivity index (χ3v) is 8.66. The quantitative estimate of drug-likeness (QED) is 0.213. The van der Waals surface area contributed by atoms with Crippen molar-refractivity contribution in [3.05, 3.63) is 70.3 Å². The van der Waals surface area contributed by atoms with E-state index in [4.69, 9.17) is 16.3 Å². The molecule has 5 atom stereocenters. The first-order chi connectivity index (χ1) is 18.4. The summed E-state index contributed by atoms with van der Waals surface area (Å²) < 4.78 is 6.42. The van der Waals surface area contributed by atoms with Gasteiger partial charge in [-0.3, -0.25) is 0 Å². The van der Waals surface area contributed by atoms with E-state index in [1.165, 1.54) is 30.4 Å². The Morgan fingerprint density at radius 3 is 2.63 bits per heavy atom. The number of nitrogens with zero attached hydrogens (tertiary/aromatic N) is 1. The van der Waals surface area contributed by atoms with Crippen molar-refractivity contribution in [2.75, 3.05) is 24.6 Å². The van der Waals surface area contributed by atoms with E-state index in [1.807, 2.05) is 31.2 Å². The summed E-state index contributed by atoms with van der Waals surface area (Å²) >= 11 is 6.38. The number of benzene rings is 2. The summed E-state index contributed by atoms with van der Waals surface area (Å²) in [7, 11) is 0. The van der Waals surface area contributed by atoms with Gasteiger partial charge in [0.05, 0.1) is 24.5 Å². The van der Waals surface area contributed by atoms with Crippen LogP contribution in [0.5, 0.6) is 5.75 Å². The van der Waals surface area contributed by atoms with E-state index in [0.29, 0.717) is 12.5 Å². The summed E-state index contributed by atoms with van der Waals surface area (Å²) in [5, 5.41) is 22.1. The molecule has 2 aromatic rings. The number of aliphatic hydroxyl groups is 2. The summed E-state index contributed by atoms with van der Waals surface area (Å²) in [6, 6.07) is 12.3. The smallest absolute Gasteiger partial charge is 0.142 e. The molecule has 0 saturated heterocycles. The Bertz CT molecular complexity index is 1070. The van der Waals surface area contributed by atoms with Crippen molar-refractivity contribution in [1.82, 2.24) is 0 Å². The van der Waals surface area contributed by atoms with E-state index in [-0.39, 0.29) is 17.9 Å². The van der Waals surface area contributed by atoms with Gasteiger partial charge in [0.25, 0.3) is 0 Å². The number of hydrogen-bond donors (Lipinski definition) is 2. The Morgan fingerprint density at radius 1 is 1.08 bits per heavy atom. The van der Waals surface area contributed by atoms with Gasteiger partial charge < -0.3 is 19.8 Å². The predicted octanol–water partition coefficient (Wildman–Crippen LogP) is 7.85.